The van der Waals surface area contributed by atoms with Crippen molar-refractivity contribution in [3.63, 3.8) is 0 Å². The summed E-state index contributed by atoms with van der Waals surface area (Å²) in [6, 6.07) is 5.92. The number of rotatable bonds is 7. The van der Waals surface area contributed by atoms with Crippen LogP contribution >= 0.6 is 0 Å². The van der Waals surface area contributed by atoms with Crippen molar-refractivity contribution in [2.45, 2.75) is 26.1 Å². The van der Waals surface area contributed by atoms with E-state index in [1.165, 1.54) is 0 Å². The molecule has 118 valence electrons. The molecule has 0 aliphatic heterocycles. The number of carbonyl (C=O) groups is 1. The van der Waals surface area contributed by atoms with Crippen LogP contribution in [0.2, 0.25) is 0 Å². The number of hydrogen-bond acceptors (Lipinski definition) is 3. The van der Waals surface area contributed by atoms with E-state index in [2.05, 4.69) is 0 Å². The van der Waals surface area contributed by atoms with Gasteiger partial charge < -0.3 is 9.84 Å². The fraction of sp³-hybridized carbons (Fsp3) is 0.500. The molecule has 1 rings (SSSR count). The van der Waals surface area contributed by atoms with E-state index in [0.717, 1.165) is 4.90 Å². The van der Waals surface area contributed by atoms with E-state index in [-0.39, 0.29) is 0 Å². The van der Waals surface area contributed by atoms with Crippen LogP contribution in [0.4, 0.5) is 13.2 Å². The second kappa shape index (κ2) is 7.31. The molecule has 7 heteroatoms. The maximum atomic E-state index is 12.5. The van der Waals surface area contributed by atoms with Crippen LogP contribution < -0.4 is 4.74 Å². The van der Waals surface area contributed by atoms with Crippen molar-refractivity contribution in [1.82, 2.24) is 4.90 Å². The predicted octanol–water partition coefficient (Wildman–Crippen LogP) is 3.10. The van der Waals surface area contributed by atoms with E-state index in [1.807, 2.05) is 6.92 Å². The zero-order chi connectivity index (χ0) is 16.0. The SMILES string of the molecule is CCOc1ccc(C(C)N(CC(=O)O)CC(F)(F)F)cc1. The first-order valence-corrected chi connectivity index (χ1v) is 6.48. The summed E-state index contributed by atoms with van der Waals surface area (Å²) >= 11 is 0. The van der Waals surface area contributed by atoms with E-state index in [4.69, 9.17) is 9.84 Å². The summed E-state index contributed by atoms with van der Waals surface area (Å²) in [6.07, 6.45) is -4.45. The minimum absolute atomic E-state index is 0.494. The van der Waals surface area contributed by atoms with Gasteiger partial charge in [-0.15, -0.1) is 0 Å². The zero-order valence-electron chi connectivity index (χ0n) is 11.9. The van der Waals surface area contributed by atoms with Gasteiger partial charge in [-0.3, -0.25) is 9.69 Å². The molecule has 0 spiro atoms. The Labute approximate surface area is 121 Å². The molecule has 0 saturated heterocycles. The van der Waals surface area contributed by atoms with Gasteiger partial charge in [-0.1, -0.05) is 12.1 Å². The highest BCUT2D eigenvalue weighted by Crippen LogP contribution is 2.26. The molecule has 0 bridgehead atoms. The number of benzene rings is 1. The minimum atomic E-state index is -4.45. The molecule has 21 heavy (non-hydrogen) atoms. The van der Waals surface area contributed by atoms with Gasteiger partial charge in [-0.05, 0) is 31.5 Å². The molecule has 0 aromatic heterocycles. The van der Waals surface area contributed by atoms with Crippen molar-refractivity contribution >= 4 is 5.97 Å². The Morgan fingerprint density at radius 1 is 1.33 bits per heavy atom. The molecular formula is C14H18F3NO3. The number of ether oxygens (including phenoxy) is 1. The fourth-order valence-electron chi connectivity index (χ4n) is 1.95. The highest BCUT2D eigenvalue weighted by atomic mass is 19.4. The average molecular weight is 305 g/mol. The summed E-state index contributed by atoms with van der Waals surface area (Å²) in [6.45, 7) is 1.93. The minimum Gasteiger partial charge on any atom is -0.494 e. The number of carboxylic acids is 1. The predicted molar refractivity (Wildman–Crippen MR) is 71.3 cm³/mol. The molecule has 4 nitrogen and oxygen atoms in total. The van der Waals surface area contributed by atoms with Crippen LogP contribution in [0, 0.1) is 0 Å². The Kier molecular flexibility index (Phi) is 6.02. The first kappa shape index (κ1) is 17.3. The molecule has 0 radical (unpaired) electrons. The van der Waals surface area contributed by atoms with Crippen molar-refractivity contribution in [2.24, 2.45) is 0 Å². The summed E-state index contributed by atoms with van der Waals surface area (Å²) < 4.78 is 42.9. The van der Waals surface area contributed by atoms with Crippen molar-refractivity contribution in [1.29, 1.82) is 0 Å². The quantitative estimate of drug-likeness (QED) is 0.841. The summed E-state index contributed by atoms with van der Waals surface area (Å²) in [5.41, 5.74) is 0.601. The third-order valence-corrected chi connectivity index (χ3v) is 2.94. The monoisotopic (exact) mass is 305 g/mol. The van der Waals surface area contributed by atoms with Gasteiger partial charge >= 0.3 is 12.1 Å². The molecule has 0 aliphatic carbocycles. The lowest BCUT2D eigenvalue weighted by molar-refractivity contribution is -0.157. The van der Waals surface area contributed by atoms with Crippen LogP contribution in [0.1, 0.15) is 25.5 Å². The summed E-state index contributed by atoms with van der Waals surface area (Å²) in [4.78, 5) is 11.6. The Hall–Kier alpha value is -1.76. The first-order valence-electron chi connectivity index (χ1n) is 6.48. The number of aliphatic carboxylic acids is 1. The van der Waals surface area contributed by atoms with Crippen LogP contribution in [0.3, 0.4) is 0 Å². The van der Waals surface area contributed by atoms with Crippen LogP contribution in [0.15, 0.2) is 24.3 Å². The number of halogens is 3. The van der Waals surface area contributed by atoms with Crippen LogP contribution in [0.25, 0.3) is 0 Å². The second-order valence-corrected chi connectivity index (χ2v) is 4.59. The van der Waals surface area contributed by atoms with Gasteiger partial charge in [-0.25, -0.2) is 0 Å². The smallest absolute Gasteiger partial charge is 0.401 e. The van der Waals surface area contributed by atoms with Gasteiger partial charge in [-0.2, -0.15) is 13.2 Å². The maximum Gasteiger partial charge on any atom is 0.401 e. The van der Waals surface area contributed by atoms with Gasteiger partial charge in [0.2, 0.25) is 0 Å². The molecule has 1 aromatic rings. The van der Waals surface area contributed by atoms with Gasteiger partial charge in [0.25, 0.3) is 0 Å². The molecule has 1 N–H and O–H groups in total. The molecule has 1 aromatic carbocycles. The van der Waals surface area contributed by atoms with Crippen LogP contribution in [-0.4, -0.2) is 41.8 Å². The highest BCUT2D eigenvalue weighted by Gasteiger charge is 2.34. The Bertz CT molecular complexity index is 460. The van der Waals surface area contributed by atoms with Gasteiger partial charge in [0, 0.05) is 6.04 Å². The lowest BCUT2D eigenvalue weighted by atomic mass is 10.1. The Morgan fingerprint density at radius 2 is 1.90 bits per heavy atom. The molecular weight excluding hydrogens is 287 g/mol. The van der Waals surface area contributed by atoms with Gasteiger partial charge in [0.1, 0.15) is 5.75 Å². The Morgan fingerprint density at radius 3 is 2.33 bits per heavy atom. The van der Waals surface area contributed by atoms with E-state index in [1.54, 1.807) is 31.2 Å². The molecule has 0 heterocycles. The van der Waals surface area contributed by atoms with Crippen molar-refractivity contribution in [2.75, 3.05) is 19.7 Å². The number of hydrogen-bond donors (Lipinski definition) is 1. The third-order valence-electron chi connectivity index (χ3n) is 2.94. The lowest BCUT2D eigenvalue weighted by Gasteiger charge is -2.28. The maximum absolute atomic E-state index is 12.5. The van der Waals surface area contributed by atoms with Crippen LogP contribution in [-0.2, 0) is 4.79 Å². The number of alkyl halides is 3. The van der Waals surface area contributed by atoms with E-state index < -0.39 is 31.3 Å². The summed E-state index contributed by atoms with van der Waals surface area (Å²) in [5.74, 6) is -0.675. The van der Waals surface area contributed by atoms with Gasteiger partial charge in [0.05, 0.1) is 19.7 Å². The lowest BCUT2D eigenvalue weighted by Crippen LogP contribution is -2.39. The average Bonchev–Trinajstić information content (AvgIpc) is 2.36. The summed E-state index contributed by atoms with van der Waals surface area (Å²) in [7, 11) is 0. The zero-order valence-corrected chi connectivity index (χ0v) is 11.9. The standard InChI is InChI=1S/C14H18F3NO3/c1-3-21-12-6-4-11(5-7-12)10(2)18(8-13(19)20)9-14(15,16)17/h4-7,10H,3,8-9H2,1-2H3,(H,19,20). The Balaban J connectivity index is 2.87. The first-order chi connectivity index (χ1) is 9.73. The highest BCUT2D eigenvalue weighted by molar-refractivity contribution is 5.69. The summed E-state index contributed by atoms with van der Waals surface area (Å²) in [5, 5.41) is 8.76. The fourth-order valence-corrected chi connectivity index (χ4v) is 1.95. The molecule has 0 amide bonds. The third kappa shape index (κ3) is 6.03. The van der Waals surface area contributed by atoms with Crippen molar-refractivity contribution < 1.29 is 27.8 Å². The van der Waals surface area contributed by atoms with E-state index >= 15 is 0 Å². The van der Waals surface area contributed by atoms with E-state index in [0.29, 0.717) is 17.9 Å². The van der Waals surface area contributed by atoms with Gasteiger partial charge in [0.15, 0.2) is 0 Å². The van der Waals surface area contributed by atoms with Crippen LogP contribution in [0.5, 0.6) is 5.75 Å². The molecule has 0 saturated carbocycles. The van der Waals surface area contributed by atoms with E-state index in [9.17, 15) is 18.0 Å². The molecule has 0 fully saturated rings. The normalized spacial score (nSPS) is 13.2. The molecule has 0 aliphatic rings. The largest absolute Gasteiger partial charge is 0.494 e. The topological polar surface area (TPSA) is 49.8 Å². The number of carboxylic acid groups (broad SMARTS) is 1. The molecule has 1 atom stereocenters. The van der Waals surface area contributed by atoms with Crippen molar-refractivity contribution in [3.05, 3.63) is 29.8 Å². The molecule has 1 unspecified atom stereocenters. The number of nitrogens with zero attached hydrogens (tertiary/aromatic N) is 1. The second-order valence-electron chi connectivity index (χ2n) is 4.59. The van der Waals surface area contributed by atoms with Crippen molar-refractivity contribution in [3.8, 4) is 5.75 Å².